The van der Waals surface area contributed by atoms with Gasteiger partial charge in [0.2, 0.25) is 0 Å². The fourth-order valence-electron chi connectivity index (χ4n) is 3.36. The normalized spacial score (nSPS) is 14.0. The van der Waals surface area contributed by atoms with Gasteiger partial charge in [-0.3, -0.25) is 4.79 Å². The standard InChI is InChI=1S/C22H22N4O/c27-22(20-7-1-2-8-21(20)26-15-5-6-16-26)24-23-17-18-9-11-19(12-10-18)25-13-3-4-14-25/h1-2,5-12,15-17H,3-4,13-14H2,(H,24,27)/b23-17+. The first-order valence-electron chi connectivity index (χ1n) is 9.22. The highest BCUT2D eigenvalue weighted by molar-refractivity contribution is 5.98. The number of hydrogen-bond donors (Lipinski definition) is 1. The number of amides is 1. The number of hydrogen-bond acceptors (Lipinski definition) is 3. The third-order valence-electron chi connectivity index (χ3n) is 4.78. The van der Waals surface area contributed by atoms with E-state index in [1.54, 1.807) is 12.3 Å². The molecule has 27 heavy (non-hydrogen) atoms. The molecule has 1 amide bonds. The first kappa shape index (κ1) is 17.1. The minimum Gasteiger partial charge on any atom is -0.372 e. The van der Waals surface area contributed by atoms with Crippen LogP contribution < -0.4 is 10.3 Å². The Kier molecular flexibility index (Phi) is 5.01. The summed E-state index contributed by atoms with van der Waals surface area (Å²) in [5, 5.41) is 4.12. The highest BCUT2D eigenvalue weighted by Gasteiger charge is 2.12. The lowest BCUT2D eigenvalue weighted by molar-refractivity contribution is 0.0955. The van der Waals surface area contributed by atoms with Gasteiger partial charge in [-0.2, -0.15) is 5.10 Å². The van der Waals surface area contributed by atoms with E-state index in [2.05, 4.69) is 27.6 Å². The number of hydrazone groups is 1. The predicted molar refractivity (Wildman–Crippen MR) is 109 cm³/mol. The van der Waals surface area contributed by atoms with Crippen LogP contribution in [0, 0.1) is 0 Å². The molecule has 1 N–H and O–H groups in total. The zero-order valence-electron chi connectivity index (χ0n) is 15.1. The lowest BCUT2D eigenvalue weighted by atomic mass is 10.1. The van der Waals surface area contributed by atoms with E-state index >= 15 is 0 Å². The third kappa shape index (κ3) is 3.92. The molecule has 0 saturated carbocycles. The van der Waals surface area contributed by atoms with E-state index < -0.39 is 0 Å². The van der Waals surface area contributed by atoms with Crippen LogP contribution in [-0.2, 0) is 0 Å². The molecule has 0 radical (unpaired) electrons. The highest BCUT2D eigenvalue weighted by Crippen LogP contribution is 2.20. The second kappa shape index (κ2) is 7.91. The summed E-state index contributed by atoms with van der Waals surface area (Å²) in [5.41, 5.74) is 6.23. The molecule has 1 aliphatic heterocycles. The van der Waals surface area contributed by atoms with Crippen molar-refractivity contribution < 1.29 is 4.79 Å². The Balaban J connectivity index is 1.42. The minimum absolute atomic E-state index is 0.232. The van der Waals surface area contributed by atoms with Crippen molar-refractivity contribution >= 4 is 17.8 Å². The van der Waals surface area contributed by atoms with Gasteiger partial charge in [-0.15, -0.1) is 0 Å². The fraction of sp³-hybridized carbons (Fsp3) is 0.182. The van der Waals surface area contributed by atoms with Crippen molar-refractivity contribution in [1.82, 2.24) is 9.99 Å². The number of nitrogens with one attached hydrogen (secondary N) is 1. The van der Waals surface area contributed by atoms with Crippen LogP contribution in [0.5, 0.6) is 0 Å². The molecule has 1 aromatic heterocycles. The first-order chi connectivity index (χ1) is 13.3. The topological polar surface area (TPSA) is 49.6 Å². The quantitative estimate of drug-likeness (QED) is 0.556. The van der Waals surface area contributed by atoms with Gasteiger partial charge in [0.1, 0.15) is 0 Å². The van der Waals surface area contributed by atoms with Crippen LogP contribution in [0.2, 0.25) is 0 Å². The van der Waals surface area contributed by atoms with Gasteiger partial charge in [0.05, 0.1) is 17.5 Å². The molecule has 0 spiro atoms. The lowest BCUT2D eigenvalue weighted by Crippen LogP contribution is -2.19. The van der Waals surface area contributed by atoms with Gasteiger partial charge in [0.25, 0.3) is 5.91 Å². The van der Waals surface area contributed by atoms with Gasteiger partial charge in [0, 0.05) is 31.2 Å². The maximum atomic E-state index is 12.5. The summed E-state index contributed by atoms with van der Waals surface area (Å²) in [6, 6.07) is 19.6. The van der Waals surface area contributed by atoms with E-state index in [1.807, 2.05) is 59.4 Å². The summed E-state index contributed by atoms with van der Waals surface area (Å²) in [5.74, 6) is -0.232. The third-order valence-corrected chi connectivity index (χ3v) is 4.78. The van der Waals surface area contributed by atoms with E-state index in [4.69, 9.17) is 0 Å². The predicted octanol–water partition coefficient (Wildman–Crippen LogP) is 3.84. The largest absolute Gasteiger partial charge is 0.372 e. The molecule has 0 unspecified atom stereocenters. The molecule has 0 atom stereocenters. The summed E-state index contributed by atoms with van der Waals surface area (Å²) in [7, 11) is 0. The van der Waals surface area contributed by atoms with Gasteiger partial charge in [-0.05, 0) is 54.8 Å². The summed E-state index contributed by atoms with van der Waals surface area (Å²) in [4.78, 5) is 14.9. The van der Waals surface area contributed by atoms with Crippen molar-refractivity contribution in [1.29, 1.82) is 0 Å². The van der Waals surface area contributed by atoms with Crippen LogP contribution in [0.15, 0.2) is 78.2 Å². The van der Waals surface area contributed by atoms with Gasteiger partial charge in [-0.1, -0.05) is 24.3 Å². The van der Waals surface area contributed by atoms with Crippen LogP contribution in [0.4, 0.5) is 5.69 Å². The zero-order valence-corrected chi connectivity index (χ0v) is 15.1. The Hall–Kier alpha value is -3.34. The Morgan fingerprint density at radius 2 is 1.63 bits per heavy atom. The van der Waals surface area contributed by atoms with Gasteiger partial charge in [-0.25, -0.2) is 5.43 Å². The zero-order chi connectivity index (χ0) is 18.5. The average Bonchev–Trinajstić information content (AvgIpc) is 3.42. The molecule has 0 bridgehead atoms. The maximum Gasteiger partial charge on any atom is 0.273 e. The summed E-state index contributed by atoms with van der Waals surface area (Å²) >= 11 is 0. The molecule has 3 aromatic rings. The van der Waals surface area contributed by atoms with Crippen molar-refractivity contribution in [2.75, 3.05) is 18.0 Å². The second-order valence-corrected chi connectivity index (χ2v) is 6.59. The molecule has 1 saturated heterocycles. The molecule has 2 heterocycles. The molecule has 136 valence electrons. The highest BCUT2D eigenvalue weighted by atomic mass is 16.2. The van der Waals surface area contributed by atoms with Crippen LogP contribution >= 0.6 is 0 Å². The maximum absolute atomic E-state index is 12.5. The number of carbonyl (C=O) groups is 1. The van der Waals surface area contributed by atoms with Crippen molar-refractivity contribution in [3.05, 3.63) is 84.2 Å². The monoisotopic (exact) mass is 358 g/mol. The van der Waals surface area contributed by atoms with Crippen molar-refractivity contribution in [3.8, 4) is 5.69 Å². The molecular formula is C22H22N4O. The fourth-order valence-corrected chi connectivity index (χ4v) is 3.36. The Labute approximate surface area is 158 Å². The molecule has 1 fully saturated rings. The summed E-state index contributed by atoms with van der Waals surface area (Å²) in [6.45, 7) is 2.26. The Morgan fingerprint density at radius 3 is 2.37 bits per heavy atom. The number of carbonyl (C=O) groups excluding carboxylic acids is 1. The Morgan fingerprint density at radius 1 is 0.926 bits per heavy atom. The molecular weight excluding hydrogens is 336 g/mol. The van der Waals surface area contributed by atoms with Crippen LogP contribution in [0.1, 0.15) is 28.8 Å². The summed E-state index contributed by atoms with van der Waals surface area (Å²) in [6.07, 6.45) is 8.03. The van der Waals surface area contributed by atoms with Gasteiger partial charge >= 0.3 is 0 Å². The molecule has 5 nitrogen and oxygen atoms in total. The van der Waals surface area contributed by atoms with Crippen LogP contribution in [0.25, 0.3) is 5.69 Å². The van der Waals surface area contributed by atoms with E-state index in [-0.39, 0.29) is 5.91 Å². The van der Waals surface area contributed by atoms with Crippen molar-refractivity contribution in [3.63, 3.8) is 0 Å². The number of nitrogens with zero attached hydrogens (tertiary/aromatic N) is 3. The second-order valence-electron chi connectivity index (χ2n) is 6.59. The number of para-hydroxylation sites is 1. The molecule has 0 aliphatic carbocycles. The summed E-state index contributed by atoms with van der Waals surface area (Å²) < 4.78 is 1.91. The van der Waals surface area contributed by atoms with E-state index in [1.165, 1.54) is 18.5 Å². The molecule has 4 rings (SSSR count). The molecule has 5 heteroatoms. The van der Waals surface area contributed by atoms with Crippen LogP contribution in [0.3, 0.4) is 0 Å². The number of aromatic nitrogens is 1. The number of benzene rings is 2. The number of anilines is 1. The Bertz CT molecular complexity index is 923. The minimum atomic E-state index is -0.232. The smallest absolute Gasteiger partial charge is 0.273 e. The number of rotatable bonds is 5. The van der Waals surface area contributed by atoms with E-state index in [0.29, 0.717) is 5.56 Å². The molecule has 2 aromatic carbocycles. The van der Waals surface area contributed by atoms with Gasteiger partial charge in [0.15, 0.2) is 0 Å². The van der Waals surface area contributed by atoms with Crippen molar-refractivity contribution in [2.45, 2.75) is 12.8 Å². The van der Waals surface area contributed by atoms with Crippen molar-refractivity contribution in [2.24, 2.45) is 5.10 Å². The van der Waals surface area contributed by atoms with Crippen LogP contribution in [-0.4, -0.2) is 29.8 Å². The lowest BCUT2D eigenvalue weighted by Gasteiger charge is -2.17. The van der Waals surface area contributed by atoms with Gasteiger partial charge < -0.3 is 9.47 Å². The first-order valence-corrected chi connectivity index (χ1v) is 9.22. The van der Waals surface area contributed by atoms with E-state index in [0.717, 1.165) is 24.3 Å². The van der Waals surface area contributed by atoms with E-state index in [9.17, 15) is 4.79 Å². The SMILES string of the molecule is O=C(N/N=C/c1ccc(N2CCCC2)cc1)c1ccccc1-n1cccc1. The molecule has 1 aliphatic rings. The average molecular weight is 358 g/mol.